The van der Waals surface area contributed by atoms with Gasteiger partial charge in [0.1, 0.15) is 5.75 Å². The Morgan fingerprint density at radius 2 is 2.09 bits per heavy atom. The zero-order valence-electron chi connectivity index (χ0n) is 13.4. The lowest BCUT2D eigenvalue weighted by atomic mass is 10.1. The van der Waals surface area contributed by atoms with Crippen LogP contribution in [0, 0.1) is 5.92 Å². The first-order chi connectivity index (χ1) is 10.1. The first-order valence-corrected chi connectivity index (χ1v) is 7.85. The molecule has 1 heterocycles. The number of carbonyl (C=O) groups excluding carboxylic acids is 1. The normalized spacial score (nSPS) is 17.7. The second-order valence-electron chi connectivity index (χ2n) is 6.14. The third-order valence-electron chi connectivity index (χ3n) is 3.53. The summed E-state index contributed by atoms with van der Waals surface area (Å²) in [4.78, 5) is 12.0. The van der Waals surface area contributed by atoms with Gasteiger partial charge in [-0.2, -0.15) is 0 Å². The van der Waals surface area contributed by atoms with E-state index in [2.05, 4.69) is 24.5 Å². The lowest BCUT2D eigenvalue weighted by Gasteiger charge is -2.23. The quantitative estimate of drug-likeness (QED) is 0.844. The van der Waals surface area contributed by atoms with Gasteiger partial charge in [0, 0.05) is 12.6 Å². The summed E-state index contributed by atoms with van der Waals surface area (Å²) < 4.78 is 5.64. The van der Waals surface area contributed by atoms with Gasteiger partial charge < -0.3 is 15.4 Å². The number of piperidine rings is 1. The van der Waals surface area contributed by atoms with Gasteiger partial charge in [-0.15, -0.1) is 12.4 Å². The minimum Gasteiger partial charge on any atom is -0.493 e. The SMILES string of the molecule is CC(C)COc1ccc(CC(=O)NC2CCCNC2)cc1.Cl. The number of benzene rings is 1. The molecule has 0 bridgehead atoms. The molecule has 0 spiro atoms. The van der Waals surface area contributed by atoms with Gasteiger partial charge in [0.15, 0.2) is 0 Å². The topological polar surface area (TPSA) is 50.4 Å². The average molecular weight is 327 g/mol. The molecule has 1 unspecified atom stereocenters. The van der Waals surface area contributed by atoms with Crippen LogP contribution in [0.1, 0.15) is 32.3 Å². The second kappa shape index (κ2) is 9.70. The molecule has 2 rings (SSSR count). The third kappa shape index (κ3) is 6.67. The Balaban J connectivity index is 0.00000242. The highest BCUT2D eigenvalue weighted by Gasteiger charge is 2.15. The number of rotatable bonds is 6. The molecule has 5 heteroatoms. The van der Waals surface area contributed by atoms with Crippen LogP contribution >= 0.6 is 12.4 Å². The van der Waals surface area contributed by atoms with Crippen molar-refractivity contribution in [1.29, 1.82) is 0 Å². The summed E-state index contributed by atoms with van der Waals surface area (Å²) in [7, 11) is 0. The molecule has 0 saturated carbocycles. The molecule has 4 nitrogen and oxygen atoms in total. The van der Waals surface area contributed by atoms with Crippen molar-refractivity contribution in [3.63, 3.8) is 0 Å². The molecule has 22 heavy (non-hydrogen) atoms. The van der Waals surface area contributed by atoms with Crippen LogP contribution in [0.2, 0.25) is 0 Å². The molecule has 124 valence electrons. The smallest absolute Gasteiger partial charge is 0.224 e. The summed E-state index contributed by atoms with van der Waals surface area (Å²) in [5.41, 5.74) is 1.02. The molecule has 0 radical (unpaired) electrons. The number of ether oxygens (including phenoxy) is 1. The van der Waals surface area contributed by atoms with Crippen molar-refractivity contribution in [3.8, 4) is 5.75 Å². The van der Waals surface area contributed by atoms with E-state index in [4.69, 9.17) is 4.74 Å². The van der Waals surface area contributed by atoms with E-state index in [1.165, 1.54) is 0 Å². The summed E-state index contributed by atoms with van der Waals surface area (Å²) >= 11 is 0. The van der Waals surface area contributed by atoms with Crippen molar-refractivity contribution in [1.82, 2.24) is 10.6 Å². The maximum atomic E-state index is 12.0. The van der Waals surface area contributed by atoms with Crippen molar-refractivity contribution in [2.24, 2.45) is 5.92 Å². The lowest BCUT2D eigenvalue weighted by Crippen LogP contribution is -2.46. The summed E-state index contributed by atoms with van der Waals surface area (Å²) in [6.45, 7) is 6.91. The Bertz CT molecular complexity index is 442. The van der Waals surface area contributed by atoms with E-state index >= 15 is 0 Å². The molecule has 0 aromatic heterocycles. The van der Waals surface area contributed by atoms with Crippen LogP contribution in [-0.4, -0.2) is 31.6 Å². The zero-order valence-corrected chi connectivity index (χ0v) is 14.2. The van der Waals surface area contributed by atoms with Crippen LogP contribution in [0.5, 0.6) is 5.75 Å². The van der Waals surface area contributed by atoms with E-state index in [-0.39, 0.29) is 24.4 Å². The maximum Gasteiger partial charge on any atom is 0.224 e. The lowest BCUT2D eigenvalue weighted by molar-refractivity contribution is -0.121. The summed E-state index contributed by atoms with van der Waals surface area (Å²) in [5, 5.41) is 6.39. The van der Waals surface area contributed by atoms with Crippen LogP contribution in [0.15, 0.2) is 24.3 Å². The predicted octanol–water partition coefficient (Wildman–Crippen LogP) is 2.55. The van der Waals surface area contributed by atoms with Gasteiger partial charge in [0.25, 0.3) is 0 Å². The first kappa shape index (κ1) is 18.8. The van der Waals surface area contributed by atoms with Crippen LogP contribution < -0.4 is 15.4 Å². The van der Waals surface area contributed by atoms with Gasteiger partial charge >= 0.3 is 0 Å². The van der Waals surface area contributed by atoms with E-state index in [1.807, 2.05) is 24.3 Å². The predicted molar refractivity (Wildman–Crippen MR) is 91.8 cm³/mol. The zero-order chi connectivity index (χ0) is 15.1. The monoisotopic (exact) mass is 326 g/mol. The van der Waals surface area contributed by atoms with Gasteiger partial charge in [0.05, 0.1) is 13.0 Å². The summed E-state index contributed by atoms with van der Waals surface area (Å²) in [6, 6.07) is 8.09. The molecule has 1 aliphatic rings. The fraction of sp³-hybridized carbons (Fsp3) is 0.588. The van der Waals surface area contributed by atoms with Crippen molar-refractivity contribution in [2.75, 3.05) is 19.7 Å². The van der Waals surface area contributed by atoms with E-state index in [1.54, 1.807) is 0 Å². The Labute approximate surface area is 139 Å². The molecule has 1 aromatic rings. The van der Waals surface area contributed by atoms with E-state index in [0.717, 1.165) is 37.2 Å². The second-order valence-corrected chi connectivity index (χ2v) is 6.14. The third-order valence-corrected chi connectivity index (χ3v) is 3.53. The molecule has 0 aliphatic carbocycles. The van der Waals surface area contributed by atoms with Gasteiger partial charge in [-0.3, -0.25) is 4.79 Å². The number of amides is 1. The molecule has 1 atom stereocenters. The van der Waals surface area contributed by atoms with E-state index < -0.39 is 0 Å². The fourth-order valence-corrected chi connectivity index (χ4v) is 2.41. The number of nitrogens with one attached hydrogen (secondary N) is 2. The number of hydrogen-bond donors (Lipinski definition) is 2. The Hall–Kier alpha value is -1.26. The fourth-order valence-electron chi connectivity index (χ4n) is 2.41. The maximum absolute atomic E-state index is 12.0. The van der Waals surface area contributed by atoms with Gasteiger partial charge in [0.2, 0.25) is 5.91 Å². The highest BCUT2D eigenvalue weighted by Crippen LogP contribution is 2.14. The van der Waals surface area contributed by atoms with Gasteiger partial charge in [-0.25, -0.2) is 0 Å². The molecule has 1 saturated heterocycles. The highest BCUT2D eigenvalue weighted by molar-refractivity contribution is 5.85. The first-order valence-electron chi connectivity index (χ1n) is 7.85. The van der Waals surface area contributed by atoms with E-state index in [9.17, 15) is 4.79 Å². The minimum atomic E-state index is 0. The molecular formula is C17H27ClN2O2. The number of hydrogen-bond acceptors (Lipinski definition) is 3. The van der Waals surface area contributed by atoms with Crippen LogP contribution in [0.25, 0.3) is 0 Å². The molecule has 1 fully saturated rings. The Kier molecular flexibility index (Phi) is 8.28. The standard InChI is InChI=1S/C17H26N2O2.ClH/c1-13(2)12-21-16-7-5-14(6-8-16)10-17(20)19-15-4-3-9-18-11-15;/h5-8,13,15,18H,3-4,9-12H2,1-2H3,(H,19,20);1H. The minimum absolute atomic E-state index is 0. The molecule has 1 amide bonds. The molecule has 1 aliphatic heterocycles. The average Bonchev–Trinajstić information content (AvgIpc) is 2.47. The highest BCUT2D eigenvalue weighted by atomic mass is 35.5. The van der Waals surface area contributed by atoms with Crippen LogP contribution in [0.4, 0.5) is 0 Å². The molecule has 2 N–H and O–H groups in total. The van der Waals surface area contributed by atoms with Crippen molar-refractivity contribution in [3.05, 3.63) is 29.8 Å². The largest absolute Gasteiger partial charge is 0.493 e. The molecular weight excluding hydrogens is 300 g/mol. The van der Waals surface area contributed by atoms with Crippen molar-refractivity contribution >= 4 is 18.3 Å². The van der Waals surface area contributed by atoms with Gasteiger partial charge in [-0.05, 0) is 43.0 Å². The van der Waals surface area contributed by atoms with Crippen molar-refractivity contribution in [2.45, 2.75) is 39.2 Å². The summed E-state index contributed by atoms with van der Waals surface area (Å²) in [5.74, 6) is 1.48. The van der Waals surface area contributed by atoms with Crippen LogP contribution in [-0.2, 0) is 11.2 Å². The van der Waals surface area contributed by atoms with E-state index in [0.29, 0.717) is 18.9 Å². The van der Waals surface area contributed by atoms with Gasteiger partial charge in [-0.1, -0.05) is 26.0 Å². The van der Waals surface area contributed by atoms with Crippen molar-refractivity contribution < 1.29 is 9.53 Å². The molecule has 1 aromatic carbocycles. The summed E-state index contributed by atoms with van der Waals surface area (Å²) in [6.07, 6.45) is 2.63. The van der Waals surface area contributed by atoms with Crippen LogP contribution in [0.3, 0.4) is 0 Å². The number of carbonyl (C=O) groups is 1. The number of halogens is 1. The Morgan fingerprint density at radius 3 is 2.68 bits per heavy atom. The Morgan fingerprint density at radius 1 is 1.36 bits per heavy atom.